The Morgan fingerprint density at radius 2 is 1.23 bits per heavy atom. The van der Waals surface area contributed by atoms with E-state index in [2.05, 4.69) is 71.3 Å². The normalized spacial score (nSPS) is 14.9. The second-order valence-electron chi connectivity index (χ2n) is 7.10. The Hall–Kier alpha value is -4.09. The maximum Gasteiger partial charge on any atom is 0.142 e. The number of nitrogens with zero attached hydrogens (tertiary/aromatic N) is 2. The largest absolute Gasteiger partial charge is 0.307 e. The van der Waals surface area contributed by atoms with Crippen molar-refractivity contribution in [2.24, 2.45) is 4.99 Å². The molecule has 2 nitrogen and oxygen atoms in total. The third-order valence-electron chi connectivity index (χ3n) is 5.14. The number of rotatable bonds is 2. The number of benzene rings is 4. The number of hydrogen-bond acceptors (Lipinski definition) is 2. The summed E-state index contributed by atoms with van der Waals surface area (Å²) in [4.78, 5) is 7.30. The third kappa shape index (κ3) is 3.50. The molecule has 0 bridgehead atoms. The van der Waals surface area contributed by atoms with Gasteiger partial charge in [0.2, 0.25) is 0 Å². The molecule has 30 heavy (non-hydrogen) atoms. The van der Waals surface area contributed by atoms with E-state index in [1.54, 1.807) is 0 Å². The number of para-hydroxylation sites is 2. The van der Waals surface area contributed by atoms with Crippen LogP contribution in [0.2, 0.25) is 0 Å². The van der Waals surface area contributed by atoms with Crippen LogP contribution in [-0.2, 0) is 0 Å². The molecule has 4 aromatic rings. The molecule has 0 saturated heterocycles. The average Bonchev–Trinajstić information content (AvgIpc) is 2.83. The van der Waals surface area contributed by atoms with Crippen LogP contribution in [0.25, 0.3) is 0 Å². The van der Waals surface area contributed by atoms with Gasteiger partial charge in [0, 0.05) is 22.4 Å². The molecule has 0 radical (unpaired) electrons. The molecular weight excluding hydrogens is 364 g/mol. The minimum Gasteiger partial charge on any atom is -0.307 e. The summed E-state index contributed by atoms with van der Waals surface area (Å²) in [5.74, 6) is 7.83. The summed E-state index contributed by atoms with van der Waals surface area (Å²) in [7, 11) is 0. The first-order valence-corrected chi connectivity index (χ1v) is 10.0. The Bertz CT molecular complexity index is 1230. The lowest BCUT2D eigenvalue weighted by Crippen LogP contribution is -2.37. The van der Waals surface area contributed by atoms with Crippen molar-refractivity contribution in [3.8, 4) is 11.8 Å². The molecule has 2 heteroatoms. The van der Waals surface area contributed by atoms with Crippen molar-refractivity contribution < 1.29 is 0 Å². The molecule has 1 heterocycles. The van der Waals surface area contributed by atoms with Gasteiger partial charge in [-0.25, -0.2) is 4.99 Å². The summed E-state index contributed by atoms with van der Waals surface area (Å²) in [5, 5.41) is 0. The van der Waals surface area contributed by atoms with Crippen molar-refractivity contribution in [2.75, 3.05) is 4.90 Å². The summed E-state index contributed by atoms with van der Waals surface area (Å²) in [6.07, 6.45) is 0. The van der Waals surface area contributed by atoms with Gasteiger partial charge in [0.05, 0.1) is 5.69 Å². The maximum absolute atomic E-state index is 5.05. The summed E-state index contributed by atoms with van der Waals surface area (Å²) >= 11 is 0. The Morgan fingerprint density at radius 1 is 0.633 bits per heavy atom. The molecule has 142 valence electrons. The fraction of sp³-hybridized carbons (Fsp3) is 0.0357. The lowest BCUT2D eigenvalue weighted by atomic mass is 9.98. The molecule has 4 aromatic carbocycles. The molecule has 0 fully saturated rings. The first-order valence-electron chi connectivity index (χ1n) is 10.0. The number of fused-ring (bicyclic) bond motifs is 1. The van der Waals surface area contributed by atoms with Crippen molar-refractivity contribution >= 4 is 17.2 Å². The second-order valence-corrected chi connectivity index (χ2v) is 7.10. The van der Waals surface area contributed by atoms with E-state index >= 15 is 0 Å². The van der Waals surface area contributed by atoms with Crippen LogP contribution in [-0.4, -0.2) is 5.84 Å². The van der Waals surface area contributed by atoms with Crippen molar-refractivity contribution in [3.05, 3.63) is 132 Å². The maximum atomic E-state index is 5.05. The van der Waals surface area contributed by atoms with Crippen LogP contribution in [0.4, 0.5) is 11.4 Å². The van der Waals surface area contributed by atoms with Gasteiger partial charge >= 0.3 is 0 Å². The lowest BCUT2D eigenvalue weighted by Gasteiger charge is -2.36. The second kappa shape index (κ2) is 8.11. The highest BCUT2D eigenvalue weighted by atomic mass is 15.2. The zero-order chi connectivity index (χ0) is 20.2. The Morgan fingerprint density at radius 3 is 1.97 bits per heavy atom. The zero-order valence-electron chi connectivity index (χ0n) is 16.4. The van der Waals surface area contributed by atoms with Gasteiger partial charge in [-0.15, -0.1) is 0 Å². The van der Waals surface area contributed by atoms with Crippen LogP contribution in [0, 0.1) is 11.8 Å². The molecular formula is C28H20N2. The molecule has 0 unspecified atom stereocenters. The van der Waals surface area contributed by atoms with Crippen molar-refractivity contribution in [2.45, 2.75) is 6.04 Å². The van der Waals surface area contributed by atoms with Crippen LogP contribution >= 0.6 is 0 Å². The van der Waals surface area contributed by atoms with Gasteiger partial charge in [0.1, 0.15) is 11.9 Å². The number of amidine groups is 1. The van der Waals surface area contributed by atoms with Crippen LogP contribution < -0.4 is 4.90 Å². The smallest absolute Gasteiger partial charge is 0.142 e. The minimum absolute atomic E-state index is 0.142. The molecule has 0 spiro atoms. The van der Waals surface area contributed by atoms with E-state index in [0.717, 1.165) is 33.9 Å². The summed E-state index contributed by atoms with van der Waals surface area (Å²) < 4.78 is 0. The van der Waals surface area contributed by atoms with Gasteiger partial charge in [0.15, 0.2) is 0 Å². The van der Waals surface area contributed by atoms with E-state index in [9.17, 15) is 0 Å². The van der Waals surface area contributed by atoms with E-state index in [-0.39, 0.29) is 6.04 Å². The van der Waals surface area contributed by atoms with Gasteiger partial charge < -0.3 is 4.90 Å². The van der Waals surface area contributed by atoms with Crippen LogP contribution in [0.1, 0.15) is 22.7 Å². The van der Waals surface area contributed by atoms with Crippen molar-refractivity contribution in [1.82, 2.24) is 0 Å². The Kier molecular flexibility index (Phi) is 4.86. The summed E-state index contributed by atoms with van der Waals surface area (Å²) in [5.41, 5.74) is 5.23. The first-order chi connectivity index (χ1) is 14.9. The van der Waals surface area contributed by atoms with Crippen LogP contribution in [0.3, 0.4) is 0 Å². The molecule has 5 rings (SSSR count). The van der Waals surface area contributed by atoms with Crippen molar-refractivity contribution in [3.63, 3.8) is 0 Å². The Labute approximate surface area is 177 Å². The van der Waals surface area contributed by atoms with Gasteiger partial charge in [-0.3, -0.25) is 0 Å². The van der Waals surface area contributed by atoms with E-state index in [1.165, 1.54) is 0 Å². The van der Waals surface area contributed by atoms with Crippen LogP contribution in [0.15, 0.2) is 120 Å². The number of anilines is 1. The number of hydrogen-bond donors (Lipinski definition) is 0. The quantitative estimate of drug-likeness (QED) is 0.366. The van der Waals surface area contributed by atoms with E-state index < -0.39 is 0 Å². The third-order valence-corrected chi connectivity index (χ3v) is 5.14. The molecule has 1 aliphatic rings. The summed E-state index contributed by atoms with van der Waals surface area (Å²) in [6.45, 7) is 0. The highest BCUT2D eigenvalue weighted by molar-refractivity contribution is 6.13. The van der Waals surface area contributed by atoms with Gasteiger partial charge in [0.25, 0.3) is 0 Å². The molecule has 0 aliphatic carbocycles. The van der Waals surface area contributed by atoms with E-state index in [0.29, 0.717) is 0 Å². The van der Waals surface area contributed by atoms with Gasteiger partial charge in [-0.1, -0.05) is 96.8 Å². The standard InChI is InChI=1S/C28H20N2/c1-4-12-22(13-5-1)20-21-27-25-18-10-11-19-26(25)29-28(23-14-6-2-7-15-23)30(27)24-16-8-3-9-17-24/h1-19,27H/t27-/m1/s1. The minimum atomic E-state index is -0.142. The zero-order valence-corrected chi connectivity index (χ0v) is 16.4. The summed E-state index contributed by atoms with van der Waals surface area (Å²) in [6, 6.07) is 39.0. The fourth-order valence-electron chi connectivity index (χ4n) is 3.72. The molecule has 1 atom stereocenters. The fourth-order valence-corrected chi connectivity index (χ4v) is 3.72. The van der Waals surface area contributed by atoms with E-state index in [4.69, 9.17) is 4.99 Å². The highest BCUT2D eigenvalue weighted by Gasteiger charge is 2.30. The Balaban J connectivity index is 1.72. The predicted molar refractivity (Wildman–Crippen MR) is 124 cm³/mol. The lowest BCUT2D eigenvalue weighted by molar-refractivity contribution is 0.882. The monoisotopic (exact) mass is 384 g/mol. The highest BCUT2D eigenvalue weighted by Crippen LogP contribution is 2.38. The topological polar surface area (TPSA) is 15.6 Å². The van der Waals surface area contributed by atoms with Crippen LogP contribution in [0.5, 0.6) is 0 Å². The molecule has 0 aromatic heterocycles. The van der Waals surface area contributed by atoms with Crippen molar-refractivity contribution in [1.29, 1.82) is 0 Å². The predicted octanol–water partition coefficient (Wildman–Crippen LogP) is 6.38. The number of aliphatic imine (C=N–C) groups is 1. The SMILES string of the molecule is C(#C[C@@H]1c2ccccc2N=C(c2ccccc2)N1c1ccccc1)c1ccccc1. The van der Waals surface area contributed by atoms with E-state index in [1.807, 2.05) is 60.7 Å². The molecule has 1 aliphatic heterocycles. The molecule has 0 saturated carbocycles. The van der Waals surface area contributed by atoms with Gasteiger partial charge in [-0.05, 0) is 30.3 Å². The first kappa shape index (κ1) is 18.0. The molecule has 0 amide bonds. The molecule has 0 N–H and O–H groups in total. The average molecular weight is 384 g/mol. The van der Waals surface area contributed by atoms with Gasteiger partial charge in [-0.2, -0.15) is 0 Å².